The van der Waals surface area contributed by atoms with Gasteiger partial charge in [-0.05, 0) is 25.8 Å². The van der Waals surface area contributed by atoms with Gasteiger partial charge in [0.25, 0.3) is 0 Å². The molecule has 0 bridgehead atoms. The molecule has 0 spiro atoms. The highest BCUT2D eigenvalue weighted by atomic mass is 19.3. The van der Waals surface area contributed by atoms with Crippen LogP contribution in [-0.2, 0) is 4.79 Å². The Balaban J connectivity index is 2.89. The topological polar surface area (TPSA) is 64.4 Å². The molecule has 3 N–H and O–H groups in total. The molecular formula is C15H22F2N2O2. The standard InChI is InChI=1S/C15H22F2N2O2/c1-4-15(18,5-2)13(20)19-10(3)11-8-6-7-9-12(11)21-14(16)17/h6-10,14H,4-5,18H2,1-3H3,(H,19,20). The van der Waals surface area contributed by atoms with Crippen LogP contribution in [0.5, 0.6) is 5.75 Å². The molecule has 0 heterocycles. The lowest BCUT2D eigenvalue weighted by atomic mass is 9.92. The molecule has 4 nitrogen and oxygen atoms in total. The van der Waals surface area contributed by atoms with Gasteiger partial charge in [-0.1, -0.05) is 32.0 Å². The molecule has 6 heteroatoms. The number of nitrogens with one attached hydrogen (secondary N) is 1. The first-order valence-electron chi connectivity index (χ1n) is 6.97. The minimum absolute atomic E-state index is 0.0518. The number of nitrogens with two attached hydrogens (primary N) is 1. The molecular weight excluding hydrogens is 278 g/mol. The van der Waals surface area contributed by atoms with Crippen LogP contribution in [0.15, 0.2) is 24.3 Å². The van der Waals surface area contributed by atoms with Gasteiger partial charge in [0, 0.05) is 5.56 Å². The van der Waals surface area contributed by atoms with Crippen molar-refractivity contribution in [3.8, 4) is 5.75 Å². The summed E-state index contributed by atoms with van der Waals surface area (Å²) in [5.41, 5.74) is 5.56. The van der Waals surface area contributed by atoms with Crippen molar-refractivity contribution in [2.75, 3.05) is 0 Å². The van der Waals surface area contributed by atoms with Gasteiger partial charge in [0.05, 0.1) is 11.6 Å². The van der Waals surface area contributed by atoms with Crippen LogP contribution in [0.4, 0.5) is 8.78 Å². The number of benzene rings is 1. The molecule has 0 aromatic heterocycles. The van der Waals surface area contributed by atoms with Gasteiger partial charge in [0.2, 0.25) is 5.91 Å². The summed E-state index contributed by atoms with van der Waals surface area (Å²) >= 11 is 0. The number of amides is 1. The van der Waals surface area contributed by atoms with Gasteiger partial charge in [-0.2, -0.15) is 8.78 Å². The zero-order chi connectivity index (χ0) is 16.0. The lowest BCUT2D eigenvalue weighted by Crippen LogP contribution is -2.53. The highest BCUT2D eigenvalue weighted by Gasteiger charge is 2.31. The molecule has 21 heavy (non-hydrogen) atoms. The van der Waals surface area contributed by atoms with Gasteiger partial charge in [0.15, 0.2) is 0 Å². The van der Waals surface area contributed by atoms with Crippen molar-refractivity contribution in [3.05, 3.63) is 29.8 Å². The Morgan fingerprint density at radius 1 is 1.33 bits per heavy atom. The number of rotatable bonds is 7. The zero-order valence-electron chi connectivity index (χ0n) is 12.5. The van der Waals surface area contributed by atoms with Crippen LogP contribution in [0.1, 0.15) is 45.2 Å². The van der Waals surface area contributed by atoms with E-state index in [2.05, 4.69) is 10.1 Å². The number of para-hydroxylation sites is 1. The molecule has 118 valence electrons. The predicted molar refractivity (Wildman–Crippen MR) is 77.1 cm³/mol. The summed E-state index contributed by atoms with van der Waals surface area (Å²) in [5, 5.41) is 2.76. The van der Waals surface area contributed by atoms with Crippen LogP contribution < -0.4 is 15.8 Å². The van der Waals surface area contributed by atoms with E-state index in [-0.39, 0.29) is 11.7 Å². The third-order valence-electron chi connectivity index (χ3n) is 3.66. The molecule has 0 saturated carbocycles. The number of hydrogen-bond acceptors (Lipinski definition) is 3. The van der Waals surface area contributed by atoms with E-state index in [1.165, 1.54) is 6.07 Å². The van der Waals surface area contributed by atoms with Crippen molar-refractivity contribution < 1.29 is 18.3 Å². The quantitative estimate of drug-likeness (QED) is 0.813. The Bertz CT molecular complexity index is 476. The average molecular weight is 300 g/mol. The highest BCUT2D eigenvalue weighted by Crippen LogP contribution is 2.27. The van der Waals surface area contributed by atoms with E-state index in [0.29, 0.717) is 18.4 Å². The molecule has 1 amide bonds. The molecule has 0 aliphatic carbocycles. The first-order chi connectivity index (χ1) is 9.84. The van der Waals surface area contributed by atoms with Crippen LogP contribution in [0.25, 0.3) is 0 Å². The first-order valence-corrected chi connectivity index (χ1v) is 6.97. The Hall–Kier alpha value is -1.69. The second-order valence-electron chi connectivity index (χ2n) is 4.97. The van der Waals surface area contributed by atoms with Gasteiger partial charge in [0.1, 0.15) is 5.75 Å². The number of alkyl halides is 2. The third kappa shape index (κ3) is 4.39. The Morgan fingerprint density at radius 3 is 2.43 bits per heavy atom. The summed E-state index contributed by atoms with van der Waals surface area (Å²) in [7, 11) is 0. The van der Waals surface area contributed by atoms with Crippen LogP contribution >= 0.6 is 0 Å². The van der Waals surface area contributed by atoms with E-state index in [9.17, 15) is 13.6 Å². The summed E-state index contributed by atoms with van der Waals surface area (Å²) in [6.45, 7) is 2.47. The van der Waals surface area contributed by atoms with Gasteiger partial charge in [-0.15, -0.1) is 0 Å². The molecule has 1 aromatic carbocycles. The van der Waals surface area contributed by atoms with Gasteiger partial charge in [-0.25, -0.2) is 0 Å². The van der Waals surface area contributed by atoms with Crippen molar-refractivity contribution in [1.82, 2.24) is 5.32 Å². The van der Waals surface area contributed by atoms with Crippen molar-refractivity contribution in [2.45, 2.75) is 51.8 Å². The second kappa shape index (κ2) is 7.36. The zero-order valence-corrected chi connectivity index (χ0v) is 12.5. The van der Waals surface area contributed by atoms with E-state index in [1.54, 1.807) is 25.1 Å². The van der Waals surface area contributed by atoms with Crippen LogP contribution in [-0.4, -0.2) is 18.1 Å². The first kappa shape index (κ1) is 17.4. The fourth-order valence-corrected chi connectivity index (χ4v) is 2.03. The van der Waals surface area contributed by atoms with E-state index in [4.69, 9.17) is 5.73 Å². The number of halogens is 2. The van der Waals surface area contributed by atoms with Gasteiger partial charge in [-0.3, -0.25) is 4.79 Å². The summed E-state index contributed by atoms with van der Waals surface area (Å²) in [5.74, 6) is -0.247. The van der Waals surface area contributed by atoms with Crippen molar-refractivity contribution >= 4 is 5.91 Å². The van der Waals surface area contributed by atoms with Crippen molar-refractivity contribution in [1.29, 1.82) is 0 Å². The number of carbonyl (C=O) groups is 1. The van der Waals surface area contributed by atoms with E-state index < -0.39 is 18.2 Å². The number of hydrogen-bond donors (Lipinski definition) is 2. The van der Waals surface area contributed by atoms with E-state index in [0.717, 1.165) is 0 Å². The maximum atomic E-state index is 12.4. The predicted octanol–water partition coefficient (Wildman–Crippen LogP) is 2.98. The molecule has 1 unspecified atom stereocenters. The fourth-order valence-electron chi connectivity index (χ4n) is 2.03. The summed E-state index contributed by atoms with van der Waals surface area (Å²) in [4.78, 5) is 12.2. The minimum Gasteiger partial charge on any atom is -0.434 e. The Morgan fingerprint density at radius 2 is 1.90 bits per heavy atom. The molecule has 1 atom stereocenters. The van der Waals surface area contributed by atoms with Gasteiger partial charge >= 0.3 is 6.61 Å². The SMILES string of the molecule is CCC(N)(CC)C(=O)NC(C)c1ccccc1OC(F)F. The summed E-state index contributed by atoms with van der Waals surface area (Å²) in [6, 6.07) is 5.90. The van der Waals surface area contributed by atoms with Crippen LogP contribution in [0.3, 0.4) is 0 Å². The maximum absolute atomic E-state index is 12.4. The number of ether oxygens (including phenoxy) is 1. The molecule has 0 radical (unpaired) electrons. The Kier molecular flexibility index (Phi) is 6.08. The molecule has 0 fully saturated rings. The van der Waals surface area contributed by atoms with Crippen molar-refractivity contribution in [3.63, 3.8) is 0 Å². The lowest BCUT2D eigenvalue weighted by molar-refractivity contribution is -0.127. The van der Waals surface area contributed by atoms with Crippen LogP contribution in [0, 0.1) is 0 Å². The van der Waals surface area contributed by atoms with Crippen LogP contribution in [0.2, 0.25) is 0 Å². The third-order valence-corrected chi connectivity index (χ3v) is 3.66. The summed E-state index contributed by atoms with van der Waals surface area (Å²) < 4.78 is 29.3. The molecule has 0 aliphatic rings. The monoisotopic (exact) mass is 300 g/mol. The second-order valence-corrected chi connectivity index (χ2v) is 4.97. The largest absolute Gasteiger partial charge is 0.434 e. The van der Waals surface area contributed by atoms with Gasteiger partial charge < -0.3 is 15.8 Å². The molecule has 0 saturated heterocycles. The Labute approximate surface area is 123 Å². The normalized spacial score (nSPS) is 13.1. The lowest BCUT2D eigenvalue weighted by Gasteiger charge is -2.28. The average Bonchev–Trinajstić information content (AvgIpc) is 2.46. The maximum Gasteiger partial charge on any atom is 0.387 e. The summed E-state index contributed by atoms with van der Waals surface area (Å²) in [6.07, 6.45) is 0.995. The number of carbonyl (C=O) groups excluding carboxylic acids is 1. The molecule has 0 aliphatic heterocycles. The van der Waals surface area contributed by atoms with E-state index >= 15 is 0 Å². The highest BCUT2D eigenvalue weighted by molar-refractivity contribution is 5.86. The smallest absolute Gasteiger partial charge is 0.387 e. The molecule has 1 aromatic rings. The fraction of sp³-hybridized carbons (Fsp3) is 0.533. The minimum atomic E-state index is -2.91. The van der Waals surface area contributed by atoms with Crippen molar-refractivity contribution in [2.24, 2.45) is 5.73 Å². The molecule has 1 rings (SSSR count). The van der Waals surface area contributed by atoms with E-state index in [1.807, 2.05) is 13.8 Å².